The first-order valence-corrected chi connectivity index (χ1v) is 8.49. The Kier molecular flexibility index (Phi) is 4.49. The normalized spacial score (nSPS) is 15.5. The smallest absolute Gasteiger partial charge is 0.216 e. The molecule has 1 fully saturated rings. The van der Waals surface area contributed by atoms with E-state index in [0.717, 1.165) is 49.5 Å². The van der Waals surface area contributed by atoms with Crippen molar-refractivity contribution >= 4 is 5.65 Å². The highest BCUT2D eigenvalue weighted by Crippen LogP contribution is 2.26. The Morgan fingerprint density at radius 1 is 1.12 bits per heavy atom. The van der Waals surface area contributed by atoms with Crippen molar-refractivity contribution in [2.24, 2.45) is 0 Å². The van der Waals surface area contributed by atoms with Crippen molar-refractivity contribution in [2.45, 2.75) is 0 Å². The van der Waals surface area contributed by atoms with Crippen LogP contribution in [0.25, 0.3) is 16.8 Å². The van der Waals surface area contributed by atoms with E-state index < -0.39 is 0 Å². The lowest BCUT2D eigenvalue weighted by atomic mass is 10.1. The fraction of sp³-hybridized carbons (Fsp3) is 0.333. The Morgan fingerprint density at radius 2 is 1.92 bits per heavy atom. The maximum Gasteiger partial charge on any atom is 0.216 e. The molecule has 2 N–H and O–H groups in total. The fourth-order valence-corrected chi connectivity index (χ4v) is 2.99. The van der Waals surface area contributed by atoms with E-state index >= 15 is 0 Å². The molecule has 0 spiro atoms. The van der Waals surface area contributed by atoms with Crippen LogP contribution in [0.4, 0.5) is 0 Å². The van der Waals surface area contributed by atoms with Gasteiger partial charge in [-0.2, -0.15) is 10.1 Å². The summed E-state index contributed by atoms with van der Waals surface area (Å²) in [6, 6.07) is 8.86. The Labute approximate surface area is 145 Å². The molecule has 1 aliphatic rings. The average Bonchev–Trinajstić information content (AvgIpc) is 3.07. The summed E-state index contributed by atoms with van der Waals surface area (Å²) in [6.45, 7) is 5.71. The second-order valence-electron chi connectivity index (χ2n) is 6.08. The van der Waals surface area contributed by atoms with Gasteiger partial charge in [-0.15, -0.1) is 0 Å². The molecule has 0 amide bonds. The molecule has 130 valence electrons. The van der Waals surface area contributed by atoms with E-state index in [0.29, 0.717) is 12.5 Å². The van der Waals surface area contributed by atoms with E-state index in [2.05, 4.69) is 20.3 Å². The standard InChI is InChI=1S/C18H21N5O2/c24-15-3-1-14(2-4-15)16-13-20-23-8-5-17(21-18(16)23)25-12-11-22-9-6-19-7-10-22/h1-5,8,13,19,24H,6-7,9-12H2. The molecule has 1 saturated heterocycles. The molecule has 0 bridgehead atoms. The van der Waals surface area contributed by atoms with Crippen LogP contribution in [0.1, 0.15) is 0 Å². The van der Waals surface area contributed by atoms with Gasteiger partial charge in [0.15, 0.2) is 5.65 Å². The number of piperazine rings is 1. The van der Waals surface area contributed by atoms with Crippen LogP contribution in [0.2, 0.25) is 0 Å². The summed E-state index contributed by atoms with van der Waals surface area (Å²) in [5.41, 5.74) is 2.61. The second-order valence-corrected chi connectivity index (χ2v) is 6.08. The predicted molar refractivity (Wildman–Crippen MR) is 94.9 cm³/mol. The van der Waals surface area contributed by atoms with Crippen molar-refractivity contribution in [3.63, 3.8) is 0 Å². The van der Waals surface area contributed by atoms with E-state index in [4.69, 9.17) is 4.74 Å². The van der Waals surface area contributed by atoms with Gasteiger partial charge < -0.3 is 15.2 Å². The minimum Gasteiger partial charge on any atom is -0.508 e. The maximum absolute atomic E-state index is 9.45. The Balaban J connectivity index is 1.49. The molecule has 0 radical (unpaired) electrons. The van der Waals surface area contributed by atoms with Crippen LogP contribution in [-0.4, -0.2) is 63.9 Å². The molecular formula is C18H21N5O2. The van der Waals surface area contributed by atoms with Crippen LogP contribution >= 0.6 is 0 Å². The van der Waals surface area contributed by atoms with Crippen molar-refractivity contribution in [1.82, 2.24) is 24.8 Å². The molecule has 25 heavy (non-hydrogen) atoms. The van der Waals surface area contributed by atoms with Gasteiger partial charge in [0, 0.05) is 50.6 Å². The number of ether oxygens (including phenoxy) is 1. The first kappa shape index (κ1) is 15.9. The molecule has 0 unspecified atom stereocenters. The summed E-state index contributed by atoms with van der Waals surface area (Å²) in [7, 11) is 0. The van der Waals surface area contributed by atoms with E-state index in [1.165, 1.54) is 0 Å². The average molecular weight is 339 g/mol. The molecule has 3 heterocycles. The number of nitrogens with one attached hydrogen (secondary N) is 1. The van der Waals surface area contributed by atoms with Crippen molar-refractivity contribution in [2.75, 3.05) is 39.3 Å². The Morgan fingerprint density at radius 3 is 2.72 bits per heavy atom. The molecular weight excluding hydrogens is 318 g/mol. The van der Waals surface area contributed by atoms with E-state index in [9.17, 15) is 5.11 Å². The monoisotopic (exact) mass is 339 g/mol. The minimum absolute atomic E-state index is 0.241. The fourth-order valence-electron chi connectivity index (χ4n) is 2.99. The first-order chi connectivity index (χ1) is 12.3. The summed E-state index contributed by atoms with van der Waals surface area (Å²) in [6.07, 6.45) is 3.63. The lowest BCUT2D eigenvalue weighted by Crippen LogP contribution is -2.44. The molecule has 0 atom stereocenters. The lowest BCUT2D eigenvalue weighted by molar-refractivity contribution is 0.188. The molecule has 0 saturated carbocycles. The van der Waals surface area contributed by atoms with Crippen LogP contribution in [0.15, 0.2) is 42.7 Å². The van der Waals surface area contributed by atoms with Crippen molar-refractivity contribution in [3.8, 4) is 22.8 Å². The molecule has 3 aromatic rings. The lowest BCUT2D eigenvalue weighted by Gasteiger charge is -2.26. The summed E-state index contributed by atoms with van der Waals surface area (Å²) in [5.74, 6) is 0.841. The number of hydrogen-bond donors (Lipinski definition) is 2. The molecule has 0 aliphatic carbocycles. The zero-order chi connectivity index (χ0) is 17.1. The molecule has 2 aromatic heterocycles. The van der Waals surface area contributed by atoms with Crippen LogP contribution < -0.4 is 10.1 Å². The van der Waals surface area contributed by atoms with E-state index in [1.54, 1.807) is 22.8 Å². The second kappa shape index (κ2) is 7.08. The zero-order valence-corrected chi connectivity index (χ0v) is 13.9. The number of aromatic hydroxyl groups is 1. The summed E-state index contributed by atoms with van der Waals surface area (Å²) < 4.78 is 7.57. The zero-order valence-electron chi connectivity index (χ0n) is 13.9. The number of benzene rings is 1. The van der Waals surface area contributed by atoms with Crippen molar-refractivity contribution < 1.29 is 9.84 Å². The third-order valence-electron chi connectivity index (χ3n) is 4.39. The van der Waals surface area contributed by atoms with Gasteiger partial charge in [0.2, 0.25) is 5.88 Å². The summed E-state index contributed by atoms with van der Waals surface area (Å²) in [4.78, 5) is 6.99. The van der Waals surface area contributed by atoms with Gasteiger partial charge in [0.05, 0.1) is 6.20 Å². The number of fused-ring (bicyclic) bond motifs is 1. The van der Waals surface area contributed by atoms with Crippen LogP contribution in [0.5, 0.6) is 11.6 Å². The van der Waals surface area contributed by atoms with Gasteiger partial charge in [0.25, 0.3) is 0 Å². The number of aromatic nitrogens is 3. The van der Waals surface area contributed by atoms with Gasteiger partial charge in [-0.3, -0.25) is 4.90 Å². The minimum atomic E-state index is 0.241. The van der Waals surface area contributed by atoms with Crippen LogP contribution in [0, 0.1) is 0 Å². The number of rotatable bonds is 5. The highest BCUT2D eigenvalue weighted by Gasteiger charge is 2.11. The van der Waals surface area contributed by atoms with Gasteiger partial charge in [-0.05, 0) is 17.7 Å². The highest BCUT2D eigenvalue weighted by atomic mass is 16.5. The number of nitrogens with zero attached hydrogens (tertiary/aromatic N) is 4. The Bertz CT molecular complexity index is 840. The summed E-state index contributed by atoms with van der Waals surface area (Å²) >= 11 is 0. The topological polar surface area (TPSA) is 74.9 Å². The van der Waals surface area contributed by atoms with Crippen LogP contribution in [-0.2, 0) is 0 Å². The van der Waals surface area contributed by atoms with Gasteiger partial charge >= 0.3 is 0 Å². The van der Waals surface area contributed by atoms with Gasteiger partial charge in [0.1, 0.15) is 12.4 Å². The molecule has 1 aliphatic heterocycles. The number of phenolic OH excluding ortho intramolecular Hbond substituents is 1. The Hall–Kier alpha value is -2.64. The number of hydrogen-bond acceptors (Lipinski definition) is 6. The predicted octanol–water partition coefficient (Wildman–Crippen LogP) is 1.39. The quantitative estimate of drug-likeness (QED) is 0.732. The molecule has 1 aromatic carbocycles. The molecule has 4 rings (SSSR count). The first-order valence-electron chi connectivity index (χ1n) is 8.49. The SMILES string of the molecule is Oc1ccc(-c2cnn3ccc(OCCN4CCNCC4)nc23)cc1. The van der Waals surface area contributed by atoms with Crippen LogP contribution in [0.3, 0.4) is 0 Å². The van der Waals surface area contributed by atoms with Crippen molar-refractivity contribution in [3.05, 3.63) is 42.7 Å². The third kappa shape index (κ3) is 3.57. The number of phenols is 1. The third-order valence-corrected chi connectivity index (χ3v) is 4.39. The van der Waals surface area contributed by atoms with Gasteiger partial charge in [-0.1, -0.05) is 12.1 Å². The molecule has 7 heteroatoms. The van der Waals surface area contributed by atoms with E-state index in [-0.39, 0.29) is 5.75 Å². The molecule has 7 nitrogen and oxygen atoms in total. The summed E-state index contributed by atoms with van der Waals surface area (Å²) in [5, 5.41) is 17.1. The van der Waals surface area contributed by atoms with Crippen molar-refractivity contribution in [1.29, 1.82) is 0 Å². The van der Waals surface area contributed by atoms with E-state index in [1.807, 2.05) is 24.4 Å². The van der Waals surface area contributed by atoms with Gasteiger partial charge in [-0.25, -0.2) is 4.52 Å². The largest absolute Gasteiger partial charge is 0.508 e. The highest BCUT2D eigenvalue weighted by molar-refractivity contribution is 5.77. The maximum atomic E-state index is 9.45.